The van der Waals surface area contributed by atoms with Gasteiger partial charge in [0, 0.05) is 31.2 Å². The molecule has 0 bridgehead atoms. The molecule has 0 spiro atoms. The van der Waals surface area contributed by atoms with Crippen molar-refractivity contribution in [3.8, 4) is 11.9 Å². The first-order valence-corrected chi connectivity index (χ1v) is 9.12. The van der Waals surface area contributed by atoms with Gasteiger partial charge in [0.2, 0.25) is 6.19 Å². The SMILES string of the molecule is CSC(=NC#N)N1CCN(C(=O)[C@H](C)Oc2ccc(Cl)cc2)CC1. The molecule has 0 aromatic heterocycles. The Labute approximate surface area is 151 Å². The summed E-state index contributed by atoms with van der Waals surface area (Å²) in [5, 5.41) is 10.0. The summed E-state index contributed by atoms with van der Waals surface area (Å²) < 4.78 is 5.68. The van der Waals surface area contributed by atoms with E-state index in [-0.39, 0.29) is 5.91 Å². The summed E-state index contributed by atoms with van der Waals surface area (Å²) in [6.45, 7) is 4.21. The van der Waals surface area contributed by atoms with Crippen molar-refractivity contribution in [2.75, 3.05) is 32.4 Å². The van der Waals surface area contributed by atoms with Crippen molar-refractivity contribution >= 4 is 34.4 Å². The Balaban J connectivity index is 1.89. The molecule has 1 saturated heterocycles. The molecule has 1 aliphatic rings. The number of halogens is 1. The van der Waals surface area contributed by atoms with Gasteiger partial charge in [-0.2, -0.15) is 5.26 Å². The molecular weight excluding hydrogens is 348 g/mol. The van der Waals surface area contributed by atoms with Crippen molar-refractivity contribution in [1.82, 2.24) is 9.80 Å². The van der Waals surface area contributed by atoms with Gasteiger partial charge in [-0.1, -0.05) is 23.4 Å². The van der Waals surface area contributed by atoms with Gasteiger partial charge < -0.3 is 14.5 Å². The third-order valence-electron chi connectivity index (χ3n) is 3.66. The fourth-order valence-electron chi connectivity index (χ4n) is 2.43. The lowest BCUT2D eigenvalue weighted by molar-refractivity contribution is -0.139. The van der Waals surface area contributed by atoms with E-state index in [9.17, 15) is 4.79 Å². The van der Waals surface area contributed by atoms with Crippen LogP contribution >= 0.6 is 23.4 Å². The number of rotatable bonds is 3. The summed E-state index contributed by atoms with van der Waals surface area (Å²) in [7, 11) is 0. The quantitative estimate of drug-likeness (QED) is 0.467. The molecule has 24 heavy (non-hydrogen) atoms. The number of piperazine rings is 1. The third-order valence-corrected chi connectivity index (χ3v) is 4.63. The van der Waals surface area contributed by atoms with E-state index < -0.39 is 6.10 Å². The molecule has 8 heteroatoms. The predicted octanol–water partition coefficient (Wildman–Crippen LogP) is 2.45. The van der Waals surface area contributed by atoms with E-state index in [4.69, 9.17) is 21.6 Å². The van der Waals surface area contributed by atoms with Crippen LogP contribution in [-0.4, -0.2) is 59.4 Å². The highest BCUT2D eigenvalue weighted by Gasteiger charge is 2.27. The Kier molecular flexibility index (Phi) is 6.76. The van der Waals surface area contributed by atoms with E-state index in [0.717, 1.165) is 0 Å². The summed E-state index contributed by atoms with van der Waals surface area (Å²) in [5.41, 5.74) is 0. The average Bonchev–Trinajstić information content (AvgIpc) is 2.61. The normalized spacial score (nSPS) is 16.5. The van der Waals surface area contributed by atoms with Crippen LogP contribution in [0, 0.1) is 11.5 Å². The number of hydrogen-bond acceptors (Lipinski definition) is 5. The van der Waals surface area contributed by atoms with Crippen LogP contribution in [0.25, 0.3) is 0 Å². The van der Waals surface area contributed by atoms with E-state index in [1.807, 2.05) is 17.3 Å². The number of benzene rings is 1. The van der Waals surface area contributed by atoms with Gasteiger partial charge in [-0.05, 0) is 37.4 Å². The Morgan fingerprint density at radius 3 is 2.42 bits per heavy atom. The van der Waals surface area contributed by atoms with E-state index in [2.05, 4.69) is 4.99 Å². The Morgan fingerprint density at radius 1 is 1.29 bits per heavy atom. The largest absolute Gasteiger partial charge is 0.481 e. The Hall–Kier alpha value is -1.91. The van der Waals surface area contributed by atoms with Crippen LogP contribution in [0.1, 0.15) is 6.92 Å². The molecule has 1 amide bonds. The Bertz CT molecular complexity index is 636. The van der Waals surface area contributed by atoms with E-state index in [0.29, 0.717) is 42.1 Å². The summed E-state index contributed by atoms with van der Waals surface area (Å²) in [6.07, 6.45) is 3.14. The van der Waals surface area contributed by atoms with Crippen LogP contribution in [-0.2, 0) is 4.79 Å². The van der Waals surface area contributed by atoms with Gasteiger partial charge in [-0.3, -0.25) is 4.79 Å². The first-order chi connectivity index (χ1) is 11.5. The van der Waals surface area contributed by atoms with Crippen molar-refractivity contribution < 1.29 is 9.53 Å². The molecule has 0 saturated carbocycles. The monoisotopic (exact) mass is 366 g/mol. The number of ether oxygens (including phenoxy) is 1. The summed E-state index contributed by atoms with van der Waals surface area (Å²) in [4.78, 5) is 20.1. The maximum absolute atomic E-state index is 12.5. The molecule has 0 radical (unpaired) electrons. The molecule has 128 valence electrons. The standard InChI is InChI=1S/C16H19ClN4O2S/c1-12(23-14-5-3-13(17)4-6-14)15(22)20-7-9-21(10-8-20)16(24-2)19-11-18/h3-6,12H,7-10H2,1-2H3/t12-/m0/s1. The number of nitriles is 1. The van der Waals surface area contributed by atoms with Crippen molar-refractivity contribution in [2.45, 2.75) is 13.0 Å². The zero-order valence-corrected chi connectivity index (χ0v) is 15.2. The smallest absolute Gasteiger partial charge is 0.263 e. The molecule has 0 N–H and O–H groups in total. The van der Waals surface area contributed by atoms with Crippen LogP contribution in [0.4, 0.5) is 0 Å². The number of hydrogen-bond donors (Lipinski definition) is 0. The summed E-state index contributed by atoms with van der Waals surface area (Å²) >= 11 is 7.27. The second kappa shape index (κ2) is 8.81. The molecule has 1 aliphatic heterocycles. The highest BCUT2D eigenvalue weighted by atomic mass is 35.5. The van der Waals surface area contributed by atoms with E-state index in [1.165, 1.54) is 11.8 Å². The minimum Gasteiger partial charge on any atom is -0.481 e. The number of aliphatic imine (C=N–C) groups is 1. The van der Waals surface area contributed by atoms with Crippen LogP contribution in [0.2, 0.25) is 5.02 Å². The van der Waals surface area contributed by atoms with Crippen molar-refractivity contribution in [3.05, 3.63) is 29.3 Å². The lowest BCUT2D eigenvalue weighted by atomic mass is 10.2. The first kappa shape index (κ1) is 18.4. The fourth-order valence-corrected chi connectivity index (χ4v) is 3.13. The second-order valence-corrected chi connectivity index (χ2v) is 6.43. The van der Waals surface area contributed by atoms with Gasteiger partial charge in [-0.15, -0.1) is 4.99 Å². The van der Waals surface area contributed by atoms with Gasteiger partial charge in [0.1, 0.15) is 5.75 Å². The Morgan fingerprint density at radius 2 is 1.88 bits per heavy atom. The van der Waals surface area contributed by atoms with Gasteiger partial charge in [-0.25, -0.2) is 0 Å². The van der Waals surface area contributed by atoms with Crippen molar-refractivity contribution in [3.63, 3.8) is 0 Å². The molecule has 2 rings (SSSR count). The number of amides is 1. The van der Waals surface area contributed by atoms with Crippen molar-refractivity contribution in [1.29, 1.82) is 5.26 Å². The first-order valence-electron chi connectivity index (χ1n) is 7.52. The molecule has 0 unspecified atom stereocenters. The molecular formula is C16H19ClN4O2S. The predicted molar refractivity (Wildman–Crippen MR) is 96.3 cm³/mol. The van der Waals surface area contributed by atoms with Gasteiger partial charge >= 0.3 is 0 Å². The van der Waals surface area contributed by atoms with Gasteiger partial charge in [0.15, 0.2) is 11.3 Å². The highest BCUT2D eigenvalue weighted by Crippen LogP contribution is 2.18. The molecule has 1 fully saturated rings. The van der Waals surface area contributed by atoms with Gasteiger partial charge in [0.25, 0.3) is 5.91 Å². The summed E-state index contributed by atoms with van der Waals surface area (Å²) in [6, 6.07) is 6.94. The summed E-state index contributed by atoms with van der Waals surface area (Å²) in [5.74, 6) is 0.567. The molecule has 1 aromatic carbocycles. The third kappa shape index (κ3) is 4.79. The number of amidine groups is 1. The minimum atomic E-state index is -0.564. The minimum absolute atomic E-state index is 0.0486. The number of thioether (sulfide) groups is 1. The second-order valence-electron chi connectivity index (χ2n) is 5.22. The van der Waals surface area contributed by atoms with Gasteiger partial charge in [0.05, 0.1) is 0 Å². The van der Waals surface area contributed by atoms with Crippen LogP contribution in [0.3, 0.4) is 0 Å². The van der Waals surface area contributed by atoms with Crippen LogP contribution in [0.15, 0.2) is 29.3 Å². The maximum atomic E-state index is 12.5. The topological polar surface area (TPSA) is 68.9 Å². The van der Waals surface area contributed by atoms with Crippen LogP contribution in [0.5, 0.6) is 5.75 Å². The molecule has 1 atom stereocenters. The molecule has 0 aliphatic carbocycles. The molecule has 1 aromatic rings. The van der Waals surface area contributed by atoms with E-state index >= 15 is 0 Å². The van der Waals surface area contributed by atoms with Crippen molar-refractivity contribution in [2.24, 2.45) is 4.99 Å². The lowest BCUT2D eigenvalue weighted by Crippen LogP contribution is -2.52. The maximum Gasteiger partial charge on any atom is 0.263 e. The van der Waals surface area contributed by atoms with E-state index in [1.54, 1.807) is 36.1 Å². The zero-order valence-electron chi connectivity index (χ0n) is 13.6. The molecule has 1 heterocycles. The fraction of sp³-hybridized carbons (Fsp3) is 0.438. The van der Waals surface area contributed by atoms with Crippen LogP contribution < -0.4 is 4.74 Å². The zero-order chi connectivity index (χ0) is 17.5. The number of carbonyl (C=O) groups is 1. The number of nitrogens with zero attached hydrogens (tertiary/aromatic N) is 4. The highest BCUT2D eigenvalue weighted by molar-refractivity contribution is 8.13. The lowest BCUT2D eigenvalue weighted by Gasteiger charge is -2.36. The number of carbonyl (C=O) groups excluding carboxylic acids is 1. The average molecular weight is 367 g/mol. The molecule has 6 nitrogen and oxygen atoms in total.